The lowest BCUT2D eigenvalue weighted by atomic mass is 9.68. The van der Waals surface area contributed by atoms with Crippen LogP contribution in [-0.2, 0) is 30.7 Å². The lowest BCUT2D eigenvalue weighted by molar-refractivity contribution is -0.147. The predicted molar refractivity (Wildman–Crippen MR) is 156 cm³/mol. The van der Waals surface area contributed by atoms with Crippen molar-refractivity contribution in [1.29, 1.82) is 0 Å². The summed E-state index contributed by atoms with van der Waals surface area (Å²) < 4.78 is 94.3. The van der Waals surface area contributed by atoms with Gasteiger partial charge in [0.05, 0.1) is 31.1 Å². The zero-order valence-electron chi connectivity index (χ0n) is 25.9. The van der Waals surface area contributed by atoms with E-state index in [-0.39, 0.29) is 35.9 Å². The van der Waals surface area contributed by atoms with Crippen molar-refractivity contribution in [2.24, 2.45) is 11.8 Å². The van der Waals surface area contributed by atoms with Gasteiger partial charge in [0.1, 0.15) is 11.5 Å². The van der Waals surface area contributed by atoms with Crippen molar-refractivity contribution in [1.82, 2.24) is 55.4 Å². The molecule has 258 valence electrons. The molecule has 2 unspecified atom stereocenters. The summed E-state index contributed by atoms with van der Waals surface area (Å²) in [5.74, 6) is 3.94. The number of pyridine rings is 2. The number of hydrogen-bond donors (Lipinski definition) is 1. The normalized spacial score (nSPS) is 18.8. The highest BCUT2D eigenvalue weighted by Gasteiger charge is 2.48. The van der Waals surface area contributed by atoms with Crippen LogP contribution in [-0.4, -0.2) is 76.2 Å². The van der Waals surface area contributed by atoms with E-state index in [9.17, 15) is 26.3 Å². The molecule has 2 N–H and O–H groups in total. The highest BCUT2D eigenvalue weighted by atomic mass is 19.4. The summed E-state index contributed by atoms with van der Waals surface area (Å²) >= 11 is 0. The second kappa shape index (κ2) is 13.0. The number of methoxy groups -OCH3 is 2. The maximum atomic E-state index is 13.7. The maximum absolute atomic E-state index is 13.7. The number of hydrazine groups is 1. The van der Waals surface area contributed by atoms with E-state index in [0.29, 0.717) is 40.2 Å². The number of benzene rings is 1. The van der Waals surface area contributed by atoms with Crippen molar-refractivity contribution in [2.75, 3.05) is 20.8 Å². The van der Waals surface area contributed by atoms with Gasteiger partial charge < -0.3 is 9.47 Å². The first-order valence-electron chi connectivity index (χ1n) is 14.7. The lowest BCUT2D eigenvalue weighted by Crippen LogP contribution is -2.60. The largest absolute Gasteiger partial charge is 0.495 e. The van der Waals surface area contributed by atoms with Crippen molar-refractivity contribution in [3.05, 3.63) is 83.2 Å². The average Bonchev–Trinajstić information content (AvgIpc) is 3.78. The Morgan fingerprint density at radius 2 is 1.31 bits per heavy atom. The topological polar surface area (TPSA) is 161 Å². The molecule has 1 aromatic carbocycles. The molecule has 4 aromatic heterocycles. The monoisotopic (exact) mass is 690 g/mol. The second-order valence-corrected chi connectivity index (χ2v) is 11.2. The summed E-state index contributed by atoms with van der Waals surface area (Å²) in [5.41, 5.74) is 0.235. The molecule has 5 heterocycles. The second-order valence-electron chi connectivity index (χ2n) is 11.2. The van der Waals surface area contributed by atoms with Gasteiger partial charge >= 0.3 is 12.4 Å². The minimum absolute atomic E-state index is 0.0336. The molecule has 0 radical (unpaired) electrons. The van der Waals surface area contributed by atoms with E-state index < -0.39 is 35.5 Å². The SMILES string of the molecule is COc1ccc(-n2nnnc2C(F)(F)F)nc1CC1CCCN(N)C1(Cc1nc(-n2nnnc2C(F)(F)F)ccc1OC)c1ccccc1. The average molecular weight is 691 g/mol. The van der Waals surface area contributed by atoms with Crippen molar-refractivity contribution in [3.63, 3.8) is 0 Å². The Morgan fingerprint density at radius 3 is 1.84 bits per heavy atom. The molecule has 1 aliphatic rings. The Morgan fingerprint density at radius 1 is 0.776 bits per heavy atom. The van der Waals surface area contributed by atoms with E-state index in [0.717, 1.165) is 5.56 Å². The Kier molecular flexibility index (Phi) is 8.92. The summed E-state index contributed by atoms with van der Waals surface area (Å²) in [6.45, 7) is 0.433. The van der Waals surface area contributed by atoms with Gasteiger partial charge in [-0.3, -0.25) is 5.84 Å². The standard InChI is InChI=1S/C29H28F6N12O2/c1-48-21-10-12-23(46-25(28(30,31)32)39-41-43-46)37-19(21)15-18-9-6-14-45(36)27(18,17-7-4-3-5-8-17)16-20-22(49-2)11-13-24(38-20)47-26(29(33,34)35)40-42-44-47/h3-5,7-8,10-13,18H,6,9,14-16,36H2,1-2H3. The van der Waals surface area contributed by atoms with Gasteiger partial charge in [0.25, 0.3) is 11.6 Å². The molecular formula is C29H28F6N12O2. The molecule has 1 aliphatic heterocycles. The van der Waals surface area contributed by atoms with Crippen LogP contribution in [0.4, 0.5) is 26.3 Å². The van der Waals surface area contributed by atoms with Crippen LogP contribution in [0.2, 0.25) is 0 Å². The minimum atomic E-state index is -4.86. The quantitative estimate of drug-likeness (QED) is 0.177. The number of tetrazole rings is 2. The van der Waals surface area contributed by atoms with Crippen LogP contribution in [0.1, 0.15) is 41.4 Å². The first kappa shape index (κ1) is 33.7. The van der Waals surface area contributed by atoms with Crippen molar-refractivity contribution in [2.45, 2.75) is 43.6 Å². The predicted octanol–water partition coefficient (Wildman–Crippen LogP) is 3.75. The first-order chi connectivity index (χ1) is 23.4. The van der Waals surface area contributed by atoms with Crippen LogP contribution in [0, 0.1) is 5.92 Å². The number of nitrogens with zero attached hydrogens (tertiary/aromatic N) is 11. The molecule has 1 saturated heterocycles. The van der Waals surface area contributed by atoms with Gasteiger partial charge in [-0.15, -0.1) is 10.2 Å². The first-order valence-corrected chi connectivity index (χ1v) is 14.7. The Balaban J connectivity index is 1.48. The van der Waals surface area contributed by atoms with Gasteiger partial charge in [-0.05, 0) is 75.9 Å². The van der Waals surface area contributed by atoms with Gasteiger partial charge in [-0.25, -0.2) is 15.0 Å². The molecule has 6 rings (SSSR count). The number of piperidine rings is 1. The van der Waals surface area contributed by atoms with Crippen molar-refractivity contribution < 1.29 is 35.8 Å². The number of halogens is 6. The molecule has 14 nitrogen and oxygen atoms in total. The highest BCUT2D eigenvalue weighted by molar-refractivity contribution is 5.40. The van der Waals surface area contributed by atoms with E-state index in [4.69, 9.17) is 15.3 Å². The number of rotatable bonds is 9. The van der Waals surface area contributed by atoms with Crippen LogP contribution < -0.4 is 15.3 Å². The van der Waals surface area contributed by atoms with Gasteiger partial charge in [0.15, 0.2) is 11.6 Å². The van der Waals surface area contributed by atoms with Gasteiger partial charge in [0, 0.05) is 13.0 Å². The van der Waals surface area contributed by atoms with Gasteiger partial charge in [-0.2, -0.15) is 35.7 Å². The highest BCUT2D eigenvalue weighted by Crippen LogP contribution is 2.46. The van der Waals surface area contributed by atoms with E-state index >= 15 is 0 Å². The van der Waals surface area contributed by atoms with Crippen LogP contribution in [0.5, 0.6) is 11.5 Å². The molecule has 49 heavy (non-hydrogen) atoms. The summed E-state index contributed by atoms with van der Waals surface area (Å²) in [4.78, 5) is 9.08. The van der Waals surface area contributed by atoms with E-state index in [1.807, 2.05) is 30.3 Å². The van der Waals surface area contributed by atoms with E-state index in [2.05, 4.69) is 41.0 Å². The molecule has 2 atom stereocenters. The zero-order valence-corrected chi connectivity index (χ0v) is 25.9. The zero-order chi connectivity index (χ0) is 35.0. The molecule has 5 aromatic rings. The third kappa shape index (κ3) is 6.35. The van der Waals surface area contributed by atoms with Crippen LogP contribution >= 0.6 is 0 Å². The number of nitrogens with two attached hydrogens (primary N) is 1. The number of ether oxygens (including phenoxy) is 2. The van der Waals surface area contributed by atoms with Gasteiger partial charge in [0.2, 0.25) is 0 Å². The van der Waals surface area contributed by atoms with Crippen LogP contribution in [0.3, 0.4) is 0 Å². The summed E-state index contributed by atoms with van der Waals surface area (Å²) in [6, 6.07) is 14.8. The Bertz CT molecular complexity index is 1920. The summed E-state index contributed by atoms with van der Waals surface area (Å²) in [6.07, 6.45) is -8.30. The smallest absolute Gasteiger partial charge is 0.453 e. The van der Waals surface area contributed by atoms with E-state index in [1.54, 1.807) is 5.01 Å². The Hall–Kier alpha value is -5.24. The number of hydrogen-bond acceptors (Lipinski definition) is 12. The molecule has 20 heteroatoms. The summed E-state index contributed by atoms with van der Waals surface area (Å²) in [7, 11) is 2.81. The third-order valence-electron chi connectivity index (χ3n) is 8.45. The molecular weight excluding hydrogens is 662 g/mol. The molecule has 1 fully saturated rings. The fourth-order valence-electron chi connectivity index (χ4n) is 6.29. The third-order valence-corrected chi connectivity index (χ3v) is 8.45. The fourth-order valence-corrected chi connectivity index (χ4v) is 6.29. The minimum Gasteiger partial charge on any atom is -0.495 e. The van der Waals surface area contributed by atoms with Crippen LogP contribution in [0.15, 0.2) is 54.6 Å². The van der Waals surface area contributed by atoms with Gasteiger partial charge in [-0.1, -0.05) is 30.3 Å². The molecule has 0 spiro atoms. The van der Waals surface area contributed by atoms with E-state index in [1.165, 1.54) is 38.5 Å². The lowest BCUT2D eigenvalue weighted by Gasteiger charge is -2.51. The van der Waals surface area contributed by atoms with Crippen molar-refractivity contribution >= 4 is 0 Å². The molecule has 0 bridgehead atoms. The fraction of sp³-hybridized carbons (Fsp3) is 0.379. The molecule has 0 aliphatic carbocycles. The Labute approximate surface area is 273 Å². The summed E-state index contributed by atoms with van der Waals surface area (Å²) in [5, 5.41) is 21.3. The van der Waals surface area contributed by atoms with Crippen LogP contribution in [0.25, 0.3) is 11.6 Å². The number of alkyl halides is 6. The number of aromatic nitrogens is 10. The molecule has 0 amide bonds. The maximum Gasteiger partial charge on any atom is 0.453 e. The molecule has 0 saturated carbocycles. The van der Waals surface area contributed by atoms with Crippen molar-refractivity contribution in [3.8, 4) is 23.1 Å².